The van der Waals surface area contributed by atoms with Crippen LogP contribution in [0.25, 0.3) is 0 Å². The first-order chi connectivity index (χ1) is 8.57. The van der Waals surface area contributed by atoms with E-state index in [0.29, 0.717) is 18.7 Å². The molecule has 0 aromatic heterocycles. The first-order valence-corrected chi connectivity index (χ1v) is 6.75. The normalized spacial score (nSPS) is 20.3. The first-order valence-electron chi connectivity index (χ1n) is 6.75. The monoisotopic (exact) mass is 255 g/mol. The Kier molecular flexibility index (Phi) is 6.36. The van der Waals surface area contributed by atoms with Crippen molar-refractivity contribution < 1.29 is 14.6 Å². The average molecular weight is 255 g/mol. The van der Waals surface area contributed by atoms with Gasteiger partial charge in [-0.1, -0.05) is 31.8 Å². The Morgan fingerprint density at radius 1 is 1.33 bits per heavy atom. The number of methoxy groups -OCH3 is 1. The number of hydrogen-bond acceptors (Lipinski definition) is 4. The maximum Gasteiger partial charge on any atom is 0.333 e. The van der Waals surface area contributed by atoms with Crippen LogP contribution >= 0.6 is 0 Å². The van der Waals surface area contributed by atoms with Gasteiger partial charge in [0.05, 0.1) is 12.7 Å². The fourth-order valence-electron chi connectivity index (χ4n) is 2.34. The van der Waals surface area contributed by atoms with E-state index in [2.05, 4.69) is 10.1 Å². The fourth-order valence-corrected chi connectivity index (χ4v) is 2.34. The summed E-state index contributed by atoms with van der Waals surface area (Å²) in [5, 5.41) is 13.6. The summed E-state index contributed by atoms with van der Waals surface area (Å²) in [6.45, 7) is 2.91. The largest absolute Gasteiger partial charge is 0.466 e. The lowest BCUT2D eigenvalue weighted by atomic mass is 9.94. The molecule has 0 amide bonds. The molecule has 1 saturated carbocycles. The summed E-state index contributed by atoms with van der Waals surface area (Å²) in [5.41, 5.74) is 0.0293. The molecule has 1 aliphatic rings. The van der Waals surface area contributed by atoms with E-state index < -0.39 is 5.60 Å². The van der Waals surface area contributed by atoms with Gasteiger partial charge in [0.25, 0.3) is 0 Å². The summed E-state index contributed by atoms with van der Waals surface area (Å²) in [6, 6.07) is 0. The smallest absolute Gasteiger partial charge is 0.333 e. The van der Waals surface area contributed by atoms with E-state index in [-0.39, 0.29) is 5.97 Å². The summed E-state index contributed by atoms with van der Waals surface area (Å²) in [4.78, 5) is 11.1. The summed E-state index contributed by atoms with van der Waals surface area (Å²) in [5.74, 6) is -0.301. The Hall–Kier alpha value is -0.870. The van der Waals surface area contributed by atoms with Crippen molar-refractivity contribution in [2.45, 2.75) is 51.0 Å². The third-order valence-electron chi connectivity index (χ3n) is 3.55. The highest BCUT2D eigenvalue weighted by Gasteiger charge is 2.26. The number of nitrogens with one attached hydrogen (secondary N) is 1. The zero-order valence-electron chi connectivity index (χ0n) is 11.5. The van der Waals surface area contributed by atoms with Crippen molar-refractivity contribution in [1.29, 1.82) is 0 Å². The van der Waals surface area contributed by atoms with Crippen molar-refractivity contribution in [3.05, 3.63) is 11.6 Å². The molecule has 1 fully saturated rings. The lowest BCUT2D eigenvalue weighted by Crippen LogP contribution is -2.40. The lowest BCUT2D eigenvalue weighted by Gasteiger charge is -2.26. The number of rotatable bonds is 5. The van der Waals surface area contributed by atoms with E-state index in [1.807, 2.05) is 0 Å². The van der Waals surface area contributed by atoms with E-state index >= 15 is 0 Å². The van der Waals surface area contributed by atoms with Gasteiger partial charge in [-0.3, -0.25) is 0 Å². The van der Waals surface area contributed by atoms with E-state index in [1.54, 1.807) is 13.0 Å². The molecule has 0 aromatic carbocycles. The van der Waals surface area contributed by atoms with Crippen molar-refractivity contribution in [2.24, 2.45) is 0 Å². The number of hydrogen-bond donors (Lipinski definition) is 2. The molecule has 0 aliphatic heterocycles. The molecular weight excluding hydrogens is 230 g/mol. The van der Waals surface area contributed by atoms with Crippen molar-refractivity contribution >= 4 is 5.97 Å². The van der Waals surface area contributed by atoms with E-state index in [1.165, 1.54) is 20.0 Å². The number of esters is 1. The lowest BCUT2D eigenvalue weighted by molar-refractivity contribution is -0.136. The Bertz CT molecular complexity index is 291. The zero-order chi connectivity index (χ0) is 13.4. The van der Waals surface area contributed by atoms with Gasteiger partial charge in [-0.05, 0) is 19.8 Å². The molecular formula is C14H25NO3. The van der Waals surface area contributed by atoms with Crippen LogP contribution in [0.1, 0.15) is 45.4 Å². The van der Waals surface area contributed by atoms with Gasteiger partial charge < -0.3 is 15.2 Å². The van der Waals surface area contributed by atoms with Gasteiger partial charge in [-0.15, -0.1) is 0 Å². The summed E-state index contributed by atoms with van der Waals surface area (Å²) in [6.07, 6.45) is 8.21. The van der Waals surface area contributed by atoms with Gasteiger partial charge in [0.1, 0.15) is 0 Å². The average Bonchev–Trinajstić information content (AvgIpc) is 2.58. The summed E-state index contributed by atoms with van der Waals surface area (Å²) < 4.78 is 4.61. The fraction of sp³-hybridized carbons (Fsp3) is 0.786. The first kappa shape index (κ1) is 15.2. The standard InChI is InChI=1S/C14H25NO3/c1-12(13(16)18-2)7-10-15-11-14(17)8-5-3-4-6-9-14/h7,15,17H,3-6,8-11H2,1-2H3. The van der Waals surface area contributed by atoms with Crippen LogP contribution in [0, 0.1) is 0 Å². The van der Waals surface area contributed by atoms with Crippen LogP contribution in [-0.4, -0.2) is 36.9 Å². The quantitative estimate of drug-likeness (QED) is 0.340. The van der Waals surface area contributed by atoms with Crippen LogP contribution < -0.4 is 5.32 Å². The highest BCUT2D eigenvalue weighted by Crippen LogP contribution is 2.26. The molecule has 0 aromatic rings. The Morgan fingerprint density at radius 2 is 1.94 bits per heavy atom. The second-order valence-electron chi connectivity index (χ2n) is 5.15. The molecule has 0 saturated heterocycles. The summed E-state index contributed by atoms with van der Waals surface area (Å²) >= 11 is 0. The van der Waals surface area contributed by atoms with E-state index in [9.17, 15) is 9.90 Å². The third kappa shape index (κ3) is 5.19. The predicted octanol–water partition coefficient (Wildman–Crippen LogP) is 1.78. The van der Waals surface area contributed by atoms with Crippen LogP contribution in [0.4, 0.5) is 0 Å². The van der Waals surface area contributed by atoms with Crippen molar-refractivity contribution in [2.75, 3.05) is 20.2 Å². The minimum Gasteiger partial charge on any atom is -0.466 e. The maximum absolute atomic E-state index is 11.1. The van der Waals surface area contributed by atoms with Gasteiger partial charge in [0.15, 0.2) is 0 Å². The molecule has 0 radical (unpaired) electrons. The number of carbonyl (C=O) groups excluding carboxylic acids is 1. The van der Waals surface area contributed by atoms with Crippen LogP contribution in [-0.2, 0) is 9.53 Å². The van der Waals surface area contributed by atoms with Gasteiger partial charge in [-0.2, -0.15) is 0 Å². The second kappa shape index (κ2) is 7.54. The maximum atomic E-state index is 11.1. The van der Waals surface area contributed by atoms with Crippen molar-refractivity contribution in [1.82, 2.24) is 5.32 Å². The molecule has 4 nitrogen and oxygen atoms in total. The minimum absolute atomic E-state index is 0.301. The molecule has 0 bridgehead atoms. The molecule has 1 rings (SSSR count). The molecule has 0 spiro atoms. The zero-order valence-corrected chi connectivity index (χ0v) is 11.5. The van der Waals surface area contributed by atoms with Crippen molar-refractivity contribution in [3.8, 4) is 0 Å². The Balaban J connectivity index is 2.30. The molecule has 104 valence electrons. The molecule has 18 heavy (non-hydrogen) atoms. The molecule has 4 heteroatoms. The number of carbonyl (C=O) groups is 1. The predicted molar refractivity (Wildman–Crippen MR) is 71.3 cm³/mol. The van der Waals surface area contributed by atoms with Gasteiger partial charge in [-0.25, -0.2) is 4.79 Å². The van der Waals surface area contributed by atoms with Crippen molar-refractivity contribution in [3.63, 3.8) is 0 Å². The molecule has 0 heterocycles. The second-order valence-corrected chi connectivity index (χ2v) is 5.15. The van der Waals surface area contributed by atoms with Gasteiger partial charge >= 0.3 is 5.97 Å². The van der Waals surface area contributed by atoms with Crippen LogP contribution in [0.3, 0.4) is 0 Å². The minimum atomic E-state index is -0.566. The number of ether oxygens (including phenoxy) is 1. The highest BCUT2D eigenvalue weighted by atomic mass is 16.5. The Morgan fingerprint density at radius 3 is 2.50 bits per heavy atom. The third-order valence-corrected chi connectivity index (χ3v) is 3.55. The molecule has 2 N–H and O–H groups in total. The molecule has 0 atom stereocenters. The molecule has 1 aliphatic carbocycles. The van der Waals surface area contributed by atoms with Crippen LogP contribution in [0.5, 0.6) is 0 Å². The van der Waals surface area contributed by atoms with Gasteiger partial charge in [0.2, 0.25) is 0 Å². The van der Waals surface area contributed by atoms with E-state index in [4.69, 9.17) is 0 Å². The summed E-state index contributed by atoms with van der Waals surface area (Å²) in [7, 11) is 1.38. The topological polar surface area (TPSA) is 58.6 Å². The highest BCUT2D eigenvalue weighted by molar-refractivity contribution is 5.87. The SMILES string of the molecule is COC(=O)C(C)=CCNCC1(O)CCCCCC1. The molecule has 0 unspecified atom stereocenters. The van der Waals surface area contributed by atoms with Gasteiger partial charge in [0, 0.05) is 18.7 Å². The van der Waals surface area contributed by atoms with Crippen LogP contribution in [0.15, 0.2) is 11.6 Å². The van der Waals surface area contributed by atoms with E-state index in [0.717, 1.165) is 25.7 Å². The van der Waals surface area contributed by atoms with Crippen LogP contribution in [0.2, 0.25) is 0 Å². The number of aliphatic hydroxyl groups is 1. The Labute approximate surface area is 109 Å².